The van der Waals surface area contributed by atoms with Crippen LogP contribution in [-0.2, 0) is 19.5 Å². The zero-order valence-electron chi connectivity index (χ0n) is 11.2. The van der Waals surface area contributed by atoms with Crippen LogP contribution in [0.5, 0.6) is 0 Å². The third kappa shape index (κ3) is 3.20. The quantitative estimate of drug-likeness (QED) is 0.790. The Labute approximate surface area is 109 Å². The number of rotatable bonds is 6. The van der Waals surface area contributed by atoms with Gasteiger partial charge in [0.2, 0.25) is 0 Å². The molecule has 0 atom stereocenters. The number of hydrogen-bond acceptors (Lipinski definition) is 2. The van der Waals surface area contributed by atoms with Crippen molar-refractivity contribution in [2.45, 2.75) is 33.4 Å². The van der Waals surface area contributed by atoms with Crippen molar-refractivity contribution in [1.29, 1.82) is 0 Å². The van der Waals surface area contributed by atoms with Crippen molar-refractivity contribution in [3.63, 3.8) is 0 Å². The van der Waals surface area contributed by atoms with Crippen LogP contribution < -0.4 is 5.32 Å². The van der Waals surface area contributed by atoms with E-state index in [1.807, 2.05) is 10.9 Å². The van der Waals surface area contributed by atoms with Gasteiger partial charge in [0, 0.05) is 19.3 Å². The number of benzene rings is 1. The summed E-state index contributed by atoms with van der Waals surface area (Å²) < 4.78 is 2.03. The molecule has 0 aliphatic rings. The van der Waals surface area contributed by atoms with E-state index in [9.17, 15) is 0 Å². The molecule has 1 aromatic carbocycles. The lowest BCUT2D eigenvalue weighted by molar-refractivity contribution is 0.582. The molecule has 0 aliphatic heterocycles. The van der Waals surface area contributed by atoms with Crippen LogP contribution in [0.3, 0.4) is 0 Å². The first-order chi connectivity index (χ1) is 8.81. The Morgan fingerprint density at radius 1 is 1.22 bits per heavy atom. The monoisotopic (exact) mass is 243 g/mol. The summed E-state index contributed by atoms with van der Waals surface area (Å²) in [5.74, 6) is 0. The summed E-state index contributed by atoms with van der Waals surface area (Å²) in [6, 6.07) is 10.6. The SMILES string of the molecule is CCn1nccc1CNCCc1ccccc1C. The number of aromatic nitrogens is 2. The minimum atomic E-state index is 0.889. The Bertz CT molecular complexity index is 488. The molecule has 1 heterocycles. The molecule has 0 unspecified atom stereocenters. The van der Waals surface area contributed by atoms with Gasteiger partial charge in [0.15, 0.2) is 0 Å². The first-order valence-electron chi connectivity index (χ1n) is 6.57. The van der Waals surface area contributed by atoms with E-state index >= 15 is 0 Å². The average Bonchev–Trinajstić information content (AvgIpc) is 2.84. The summed E-state index contributed by atoms with van der Waals surface area (Å²) in [4.78, 5) is 0. The minimum Gasteiger partial charge on any atom is -0.311 e. The number of nitrogens with zero attached hydrogens (tertiary/aromatic N) is 2. The van der Waals surface area contributed by atoms with E-state index in [1.165, 1.54) is 16.8 Å². The van der Waals surface area contributed by atoms with Crippen LogP contribution in [0.1, 0.15) is 23.7 Å². The standard InChI is InChI=1S/C15H21N3/c1-3-18-15(9-11-17-18)12-16-10-8-14-7-5-4-6-13(14)2/h4-7,9,11,16H,3,8,10,12H2,1-2H3. The van der Waals surface area contributed by atoms with Crippen LogP contribution in [0.2, 0.25) is 0 Å². The Balaban J connectivity index is 1.78. The minimum absolute atomic E-state index is 0.889. The van der Waals surface area contributed by atoms with E-state index in [4.69, 9.17) is 0 Å². The van der Waals surface area contributed by atoms with E-state index in [0.717, 1.165) is 26.1 Å². The third-order valence-corrected chi connectivity index (χ3v) is 3.24. The maximum Gasteiger partial charge on any atom is 0.0521 e. The second kappa shape index (κ2) is 6.36. The van der Waals surface area contributed by atoms with Gasteiger partial charge in [-0.2, -0.15) is 5.10 Å². The molecule has 3 nitrogen and oxygen atoms in total. The van der Waals surface area contributed by atoms with Gasteiger partial charge in [-0.05, 0) is 44.0 Å². The van der Waals surface area contributed by atoms with Crippen molar-refractivity contribution in [1.82, 2.24) is 15.1 Å². The highest BCUT2D eigenvalue weighted by molar-refractivity contribution is 5.25. The van der Waals surface area contributed by atoms with Crippen LogP contribution in [0.15, 0.2) is 36.5 Å². The van der Waals surface area contributed by atoms with Crippen molar-refractivity contribution in [3.05, 3.63) is 53.3 Å². The summed E-state index contributed by atoms with van der Waals surface area (Å²) in [5, 5.41) is 7.74. The van der Waals surface area contributed by atoms with Gasteiger partial charge in [-0.1, -0.05) is 24.3 Å². The molecule has 96 valence electrons. The molecular weight excluding hydrogens is 222 g/mol. The van der Waals surface area contributed by atoms with Crippen LogP contribution in [0.25, 0.3) is 0 Å². The predicted octanol–water partition coefficient (Wildman–Crippen LogP) is 2.54. The maximum atomic E-state index is 4.26. The van der Waals surface area contributed by atoms with E-state index in [2.05, 4.69) is 54.6 Å². The fourth-order valence-corrected chi connectivity index (χ4v) is 2.13. The molecule has 1 N–H and O–H groups in total. The molecule has 2 rings (SSSR count). The zero-order valence-corrected chi connectivity index (χ0v) is 11.2. The van der Waals surface area contributed by atoms with Gasteiger partial charge in [0.05, 0.1) is 5.69 Å². The fraction of sp³-hybridized carbons (Fsp3) is 0.400. The van der Waals surface area contributed by atoms with E-state index in [0.29, 0.717) is 0 Å². The molecule has 0 saturated heterocycles. The normalized spacial score (nSPS) is 10.8. The lowest BCUT2D eigenvalue weighted by atomic mass is 10.1. The van der Waals surface area contributed by atoms with Gasteiger partial charge in [0.25, 0.3) is 0 Å². The lowest BCUT2D eigenvalue weighted by Gasteiger charge is -2.08. The Kier molecular flexibility index (Phi) is 4.53. The van der Waals surface area contributed by atoms with Gasteiger partial charge in [-0.25, -0.2) is 0 Å². The van der Waals surface area contributed by atoms with Gasteiger partial charge < -0.3 is 5.32 Å². The highest BCUT2D eigenvalue weighted by Gasteiger charge is 2.00. The molecule has 0 saturated carbocycles. The fourth-order valence-electron chi connectivity index (χ4n) is 2.13. The molecule has 0 fully saturated rings. The molecule has 18 heavy (non-hydrogen) atoms. The summed E-state index contributed by atoms with van der Waals surface area (Å²) in [5.41, 5.74) is 4.05. The van der Waals surface area contributed by atoms with Gasteiger partial charge >= 0.3 is 0 Å². The van der Waals surface area contributed by atoms with Crippen LogP contribution >= 0.6 is 0 Å². The smallest absolute Gasteiger partial charge is 0.0521 e. The lowest BCUT2D eigenvalue weighted by Crippen LogP contribution is -2.19. The van der Waals surface area contributed by atoms with Crippen molar-refractivity contribution < 1.29 is 0 Å². The summed E-state index contributed by atoms with van der Waals surface area (Å²) in [6.07, 6.45) is 2.94. The Morgan fingerprint density at radius 3 is 2.83 bits per heavy atom. The maximum absolute atomic E-state index is 4.26. The molecule has 0 radical (unpaired) electrons. The zero-order chi connectivity index (χ0) is 12.8. The van der Waals surface area contributed by atoms with E-state index < -0.39 is 0 Å². The Hall–Kier alpha value is -1.61. The van der Waals surface area contributed by atoms with Crippen molar-refractivity contribution in [2.75, 3.05) is 6.54 Å². The number of nitrogens with one attached hydrogen (secondary N) is 1. The summed E-state index contributed by atoms with van der Waals surface area (Å²) in [6.45, 7) is 7.10. The highest BCUT2D eigenvalue weighted by Crippen LogP contribution is 2.07. The van der Waals surface area contributed by atoms with Crippen molar-refractivity contribution in [3.8, 4) is 0 Å². The average molecular weight is 243 g/mol. The summed E-state index contributed by atoms with van der Waals surface area (Å²) >= 11 is 0. The molecular formula is C15H21N3. The molecule has 1 aromatic heterocycles. The molecule has 0 spiro atoms. The molecule has 3 heteroatoms. The van der Waals surface area contributed by atoms with Gasteiger partial charge in [-0.3, -0.25) is 4.68 Å². The molecule has 0 bridgehead atoms. The number of aryl methyl sites for hydroxylation is 2. The summed E-state index contributed by atoms with van der Waals surface area (Å²) in [7, 11) is 0. The molecule has 0 amide bonds. The van der Waals surface area contributed by atoms with Crippen LogP contribution in [0, 0.1) is 6.92 Å². The molecule has 0 aliphatic carbocycles. The Morgan fingerprint density at radius 2 is 2.06 bits per heavy atom. The molecule has 2 aromatic rings. The topological polar surface area (TPSA) is 29.9 Å². The second-order valence-electron chi connectivity index (χ2n) is 4.49. The van der Waals surface area contributed by atoms with Crippen LogP contribution in [-0.4, -0.2) is 16.3 Å². The van der Waals surface area contributed by atoms with Crippen molar-refractivity contribution >= 4 is 0 Å². The first-order valence-corrected chi connectivity index (χ1v) is 6.57. The van der Waals surface area contributed by atoms with E-state index in [-0.39, 0.29) is 0 Å². The highest BCUT2D eigenvalue weighted by atomic mass is 15.3. The third-order valence-electron chi connectivity index (χ3n) is 3.24. The first kappa shape index (κ1) is 12.8. The number of hydrogen-bond donors (Lipinski definition) is 1. The van der Waals surface area contributed by atoms with Crippen molar-refractivity contribution in [2.24, 2.45) is 0 Å². The van der Waals surface area contributed by atoms with Gasteiger partial charge in [-0.15, -0.1) is 0 Å². The second-order valence-corrected chi connectivity index (χ2v) is 4.49. The largest absolute Gasteiger partial charge is 0.311 e. The van der Waals surface area contributed by atoms with Crippen LogP contribution in [0.4, 0.5) is 0 Å². The van der Waals surface area contributed by atoms with E-state index in [1.54, 1.807) is 0 Å². The predicted molar refractivity (Wildman–Crippen MR) is 74.5 cm³/mol. The van der Waals surface area contributed by atoms with Gasteiger partial charge in [0.1, 0.15) is 0 Å².